The van der Waals surface area contributed by atoms with Crippen LogP contribution in [0.3, 0.4) is 0 Å². The molecule has 1 aromatic carbocycles. The maximum atomic E-state index is 13.8. The van der Waals surface area contributed by atoms with E-state index in [-0.39, 0.29) is 17.9 Å². The van der Waals surface area contributed by atoms with Gasteiger partial charge < -0.3 is 15.0 Å². The lowest BCUT2D eigenvalue weighted by Crippen LogP contribution is -2.38. The molecule has 3 heterocycles. The minimum Gasteiger partial charge on any atom is -0.381 e. The maximum Gasteiger partial charge on any atom is 0.230 e. The Hall–Kier alpha value is -3.21. The molecule has 5 rings (SSSR count). The van der Waals surface area contributed by atoms with Crippen molar-refractivity contribution in [3.8, 4) is 16.5 Å². The topological polar surface area (TPSA) is 78.2 Å². The Morgan fingerprint density at radius 2 is 2.06 bits per heavy atom. The Bertz CT molecular complexity index is 1190. The lowest BCUT2D eigenvalue weighted by molar-refractivity contribution is -0.124. The zero-order valence-corrected chi connectivity index (χ0v) is 18.7. The first-order valence-corrected chi connectivity index (χ1v) is 11.7. The maximum absolute atomic E-state index is 13.8. The molecule has 0 unspecified atom stereocenters. The summed E-state index contributed by atoms with van der Waals surface area (Å²) in [6, 6.07) is 16.0. The van der Waals surface area contributed by atoms with Gasteiger partial charge in [0.05, 0.1) is 24.0 Å². The Labute approximate surface area is 191 Å². The van der Waals surface area contributed by atoms with Crippen molar-refractivity contribution >= 4 is 34.4 Å². The number of nitrogens with zero attached hydrogens (tertiary/aromatic N) is 3. The summed E-state index contributed by atoms with van der Waals surface area (Å²) in [6.07, 6.45) is 5.52. The standard InChI is InChI=1S/C25H24N4O2S/c1-31-19-7-4-16(5-8-19)25(30)29-15-18-3-2-12-27-24(18)28-21-10-6-17(13-22(21)29)23-11-9-20(14-26)32-23/h2-3,6,9-13,16,19H,4-5,7-8,15H2,1H3,(H,27,28). The van der Waals surface area contributed by atoms with Gasteiger partial charge in [-0.25, -0.2) is 4.98 Å². The molecule has 1 aliphatic carbocycles. The van der Waals surface area contributed by atoms with Gasteiger partial charge in [0.15, 0.2) is 0 Å². The zero-order chi connectivity index (χ0) is 22.1. The highest BCUT2D eigenvalue weighted by molar-refractivity contribution is 7.16. The number of aromatic nitrogens is 1. The number of pyridine rings is 1. The van der Waals surface area contributed by atoms with E-state index in [1.165, 1.54) is 11.3 Å². The van der Waals surface area contributed by atoms with E-state index in [1.54, 1.807) is 13.3 Å². The Morgan fingerprint density at radius 1 is 1.22 bits per heavy atom. The van der Waals surface area contributed by atoms with Gasteiger partial charge in [-0.3, -0.25) is 4.79 Å². The molecule has 162 valence electrons. The fraction of sp³-hybridized carbons (Fsp3) is 0.320. The van der Waals surface area contributed by atoms with Crippen LogP contribution < -0.4 is 10.2 Å². The van der Waals surface area contributed by atoms with Crippen molar-refractivity contribution in [2.75, 3.05) is 17.3 Å². The van der Waals surface area contributed by atoms with Crippen LogP contribution in [0.4, 0.5) is 17.2 Å². The van der Waals surface area contributed by atoms with Crippen LogP contribution in [0.15, 0.2) is 48.7 Å². The number of carbonyl (C=O) groups is 1. The number of carbonyl (C=O) groups excluding carboxylic acids is 1. The van der Waals surface area contributed by atoms with E-state index in [0.717, 1.165) is 58.9 Å². The fourth-order valence-electron chi connectivity index (χ4n) is 4.59. The first kappa shape index (κ1) is 20.7. The number of thiophene rings is 1. The third-order valence-corrected chi connectivity index (χ3v) is 7.42. The normalized spacial score (nSPS) is 19.8. The summed E-state index contributed by atoms with van der Waals surface area (Å²) >= 11 is 1.46. The number of anilines is 3. The SMILES string of the molecule is COC1CCC(C(=O)N2Cc3cccnc3Nc3ccc(-c4ccc(C#N)s4)cc32)CC1. The van der Waals surface area contributed by atoms with Crippen molar-refractivity contribution in [3.63, 3.8) is 0 Å². The number of rotatable bonds is 3. The molecule has 2 aliphatic rings. The molecule has 1 saturated carbocycles. The second-order valence-corrected chi connectivity index (χ2v) is 9.36. The number of nitrogens with one attached hydrogen (secondary N) is 1. The average Bonchev–Trinajstić information content (AvgIpc) is 3.26. The quantitative estimate of drug-likeness (QED) is 0.579. The van der Waals surface area contributed by atoms with Crippen LogP contribution in [0.2, 0.25) is 0 Å². The van der Waals surface area contributed by atoms with Gasteiger partial charge in [-0.2, -0.15) is 5.26 Å². The Balaban J connectivity index is 1.54. The molecule has 1 N–H and O–H groups in total. The predicted octanol–water partition coefficient (Wildman–Crippen LogP) is 5.48. The van der Waals surface area contributed by atoms with Crippen LogP contribution in [-0.4, -0.2) is 24.1 Å². The molecule has 1 amide bonds. The Kier molecular flexibility index (Phi) is 5.64. The van der Waals surface area contributed by atoms with E-state index in [9.17, 15) is 10.1 Å². The van der Waals surface area contributed by atoms with Gasteiger partial charge in [-0.15, -0.1) is 11.3 Å². The minimum atomic E-state index is -0.0111. The highest BCUT2D eigenvalue weighted by atomic mass is 32.1. The zero-order valence-electron chi connectivity index (χ0n) is 17.9. The van der Waals surface area contributed by atoms with Gasteiger partial charge in [-0.05, 0) is 61.6 Å². The number of methoxy groups -OCH3 is 1. The second-order valence-electron chi connectivity index (χ2n) is 8.28. The number of benzene rings is 1. The van der Waals surface area contributed by atoms with Crippen molar-refractivity contribution in [1.29, 1.82) is 5.26 Å². The summed E-state index contributed by atoms with van der Waals surface area (Å²) in [4.78, 5) is 21.9. The minimum absolute atomic E-state index is 0.0111. The molecule has 2 aromatic heterocycles. The molecule has 0 radical (unpaired) electrons. The smallest absolute Gasteiger partial charge is 0.230 e. The van der Waals surface area contributed by atoms with Crippen LogP contribution in [0.5, 0.6) is 0 Å². The van der Waals surface area contributed by atoms with Crippen molar-refractivity contribution in [3.05, 3.63) is 59.1 Å². The average molecular weight is 445 g/mol. The third kappa shape index (κ3) is 3.88. The molecule has 0 atom stereocenters. The van der Waals surface area contributed by atoms with E-state index in [2.05, 4.69) is 22.4 Å². The second kappa shape index (κ2) is 8.73. The molecule has 1 fully saturated rings. The van der Waals surface area contributed by atoms with Gasteiger partial charge >= 0.3 is 0 Å². The lowest BCUT2D eigenvalue weighted by Gasteiger charge is -2.32. The summed E-state index contributed by atoms with van der Waals surface area (Å²) in [6.45, 7) is 0.476. The van der Waals surface area contributed by atoms with E-state index >= 15 is 0 Å². The van der Waals surface area contributed by atoms with Crippen molar-refractivity contribution in [2.24, 2.45) is 5.92 Å². The summed E-state index contributed by atoms with van der Waals surface area (Å²) in [5, 5.41) is 12.6. The van der Waals surface area contributed by atoms with Crippen LogP contribution in [-0.2, 0) is 16.1 Å². The van der Waals surface area contributed by atoms with E-state index in [1.807, 2.05) is 41.3 Å². The van der Waals surface area contributed by atoms with Crippen LogP contribution in [0.1, 0.15) is 36.1 Å². The highest BCUT2D eigenvalue weighted by Crippen LogP contribution is 2.41. The van der Waals surface area contributed by atoms with Crippen LogP contribution in [0.25, 0.3) is 10.4 Å². The first-order chi connectivity index (χ1) is 15.7. The molecular formula is C25H24N4O2S. The molecule has 0 spiro atoms. The number of fused-ring (bicyclic) bond motifs is 2. The molecular weight excluding hydrogens is 420 g/mol. The largest absolute Gasteiger partial charge is 0.381 e. The van der Waals surface area contributed by atoms with E-state index < -0.39 is 0 Å². The highest BCUT2D eigenvalue weighted by Gasteiger charge is 2.33. The number of amides is 1. The van der Waals surface area contributed by atoms with Crippen LogP contribution in [0, 0.1) is 17.2 Å². The first-order valence-electron chi connectivity index (χ1n) is 10.9. The molecule has 1 aliphatic heterocycles. The molecule has 7 heteroatoms. The van der Waals surface area contributed by atoms with Crippen molar-refractivity contribution in [1.82, 2.24) is 4.98 Å². The van der Waals surface area contributed by atoms with Crippen molar-refractivity contribution in [2.45, 2.75) is 38.3 Å². The number of ether oxygens (including phenoxy) is 1. The summed E-state index contributed by atoms with van der Waals surface area (Å²) in [7, 11) is 1.75. The summed E-state index contributed by atoms with van der Waals surface area (Å²) in [5.74, 6) is 0.922. The van der Waals surface area contributed by atoms with Crippen LogP contribution >= 0.6 is 11.3 Å². The fourth-order valence-corrected chi connectivity index (χ4v) is 5.39. The van der Waals surface area contributed by atoms with Gasteiger partial charge in [-0.1, -0.05) is 12.1 Å². The third-order valence-electron chi connectivity index (χ3n) is 6.38. The van der Waals surface area contributed by atoms with E-state index in [4.69, 9.17) is 4.74 Å². The van der Waals surface area contributed by atoms with Gasteiger partial charge in [0.2, 0.25) is 5.91 Å². The molecule has 3 aromatic rings. The predicted molar refractivity (Wildman–Crippen MR) is 126 cm³/mol. The molecule has 32 heavy (non-hydrogen) atoms. The van der Waals surface area contributed by atoms with Gasteiger partial charge in [0.25, 0.3) is 0 Å². The number of hydrogen-bond acceptors (Lipinski definition) is 6. The molecule has 0 saturated heterocycles. The van der Waals surface area contributed by atoms with Crippen molar-refractivity contribution < 1.29 is 9.53 Å². The summed E-state index contributed by atoms with van der Waals surface area (Å²) in [5.41, 5.74) is 3.71. The van der Waals surface area contributed by atoms with E-state index in [0.29, 0.717) is 11.4 Å². The molecule has 6 nitrogen and oxygen atoms in total. The van der Waals surface area contributed by atoms with Gasteiger partial charge in [0, 0.05) is 29.7 Å². The lowest BCUT2D eigenvalue weighted by atomic mass is 9.86. The molecule has 0 bridgehead atoms. The monoisotopic (exact) mass is 444 g/mol. The Morgan fingerprint density at radius 3 is 2.81 bits per heavy atom. The number of nitriles is 1. The summed E-state index contributed by atoms with van der Waals surface area (Å²) < 4.78 is 5.50. The van der Waals surface area contributed by atoms with Gasteiger partial charge in [0.1, 0.15) is 16.8 Å². The number of hydrogen-bond donors (Lipinski definition) is 1.